The summed E-state index contributed by atoms with van der Waals surface area (Å²) in [5.41, 5.74) is 1.05. The summed E-state index contributed by atoms with van der Waals surface area (Å²) in [6.07, 6.45) is 3.88. The number of amides is 2. The zero-order valence-electron chi connectivity index (χ0n) is 15.9. The normalized spacial score (nSPS) is 17.2. The van der Waals surface area contributed by atoms with Gasteiger partial charge in [-0.2, -0.15) is 4.31 Å². The Balaban J connectivity index is 1.38. The molecule has 7 nitrogen and oxygen atoms in total. The van der Waals surface area contributed by atoms with Crippen molar-refractivity contribution >= 4 is 38.9 Å². The predicted molar refractivity (Wildman–Crippen MR) is 112 cm³/mol. The van der Waals surface area contributed by atoms with Gasteiger partial charge in [0.1, 0.15) is 4.21 Å². The summed E-state index contributed by atoms with van der Waals surface area (Å²) in [5, 5.41) is 5.71. The van der Waals surface area contributed by atoms with E-state index >= 15 is 0 Å². The quantitative estimate of drug-likeness (QED) is 0.702. The number of anilines is 1. The third-order valence-electron chi connectivity index (χ3n) is 4.95. The molecule has 4 rings (SSSR count). The van der Waals surface area contributed by atoms with Crippen LogP contribution in [0, 0.1) is 0 Å². The highest BCUT2D eigenvalue weighted by atomic mass is 32.2. The number of carbonyl (C=O) groups excluding carboxylic acids is 2. The Labute approximate surface area is 174 Å². The first-order valence-electron chi connectivity index (χ1n) is 9.71. The van der Waals surface area contributed by atoms with E-state index in [0.29, 0.717) is 29.2 Å². The minimum atomic E-state index is -3.46. The van der Waals surface area contributed by atoms with E-state index in [1.165, 1.54) is 4.31 Å². The second-order valence-corrected chi connectivity index (χ2v) is 10.7. The molecule has 2 N–H and O–H groups in total. The molecule has 1 aromatic heterocycles. The molecule has 2 aliphatic rings. The SMILES string of the molecule is O=C(Cc1ccc(S(=O)(=O)N2CCCC2)s1)Nc1cccc(C(=O)NC2CC2)c1. The molecular weight excluding hydrogens is 410 g/mol. The van der Waals surface area contributed by atoms with Crippen LogP contribution >= 0.6 is 11.3 Å². The van der Waals surface area contributed by atoms with Crippen molar-refractivity contribution in [3.63, 3.8) is 0 Å². The van der Waals surface area contributed by atoms with E-state index in [1.807, 2.05) is 0 Å². The summed E-state index contributed by atoms with van der Waals surface area (Å²) in [6, 6.07) is 10.3. The van der Waals surface area contributed by atoms with Crippen molar-refractivity contribution in [2.24, 2.45) is 0 Å². The molecule has 2 amide bonds. The topological polar surface area (TPSA) is 95.6 Å². The van der Waals surface area contributed by atoms with E-state index in [2.05, 4.69) is 10.6 Å². The van der Waals surface area contributed by atoms with E-state index in [9.17, 15) is 18.0 Å². The highest BCUT2D eigenvalue weighted by molar-refractivity contribution is 7.91. The summed E-state index contributed by atoms with van der Waals surface area (Å²) >= 11 is 1.13. The van der Waals surface area contributed by atoms with Gasteiger partial charge in [0.05, 0.1) is 6.42 Å². The van der Waals surface area contributed by atoms with Gasteiger partial charge in [0, 0.05) is 35.3 Å². The van der Waals surface area contributed by atoms with Gasteiger partial charge in [0.2, 0.25) is 5.91 Å². The molecule has 1 aromatic carbocycles. The molecule has 0 bridgehead atoms. The number of sulfonamides is 1. The van der Waals surface area contributed by atoms with E-state index < -0.39 is 10.0 Å². The van der Waals surface area contributed by atoms with Gasteiger partial charge in [-0.05, 0) is 56.0 Å². The number of hydrogen-bond acceptors (Lipinski definition) is 5. The zero-order chi connectivity index (χ0) is 20.4. The van der Waals surface area contributed by atoms with Crippen LogP contribution in [0.3, 0.4) is 0 Å². The number of nitrogens with zero attached hydrogens (tertiary/aromatic N) is 1. The number of thiophene rings is 1. The summed E-state index contributed by atoms with van der Waals surface area (Å²) in [7, 11) is -3.46. The van der Waals surface area contributed by atoms with Crippen molar-refractivity contribution in [1.29, 1.82) is 0 Å². The predicted octanol–water partition coefficient (Wildman–Crippen LogP) is 2.61. The van der Waals surface area contributed by atoms with Crippen molar-refractivity contribution in [3.05, 3.63) is 46.8 Å². The Kier molecular flexibility index (Phi) is 5.71. The first-order chi connectivity index (χ1) is 13.9. The van der Waals surface area contributed by atoms with Gasteiger partial charge in [-0.15, -0.1) is 11.3 Å². The molecule has 29 heavy (non-hydrogen) atoms. The minimum Gasteiger partial charge on any atom is -0.349 e. The maximum absolute atomic E-state index is 12.6. The van der Waals surface area contributed by atoms with Gasteiger partial charge >= 0.3 is 0 Å². The number of carbonyl (C=O) groups is 2. The lowest BCUT2D eigenvalue weighted by Gasteiger charge is -2.13. The molecule has 2 heterocycles. The second kappa shape index (κ2) is 8.25. The van der Waals surface area contributed by atoms with Crippen molar-refractivity contribution in [1.82, 2.24) is 9.62 Å². The van der Waals surface area contributed by atoms with Gasteiger partial charge < -0.3 is 10.6 Å². The molecule has 1 saturated heterocycles. The van der Waals surface area contributed by atoms with Gasteiger partial charge in [0.25, 0.3) is 15.9 Å². The van der Waals surface area contributed by atoms with Gasteiger partial charge in [-0.25, -0.2) is 8.42 Å². The fraction of sp³-hybridized carbons (Fsp3) is 0.400. The maximum atomic E-state index is 12.6. The lowest BCUT2D eigenvalue weighted by molar-refractivity contribution is -0.115. The minimum absolute atomic E-state index is 0.0820. The lowest BCUT2D eigenvalue weighted by Crippen LogP contribution is -2.27. The first kappa shape index (κ1) is 20.1. The molecule has 1 aliphatic heterocycles. The number of benzene rings is 1. The van der Waals surface area contributed by atoms with Crippen LogP contribution in [0.5, 0.6) is 0 Å². The highest BCUT2D eigenvalue weighted by Crippen LogP contribution is 2.28. The Morgan fingerprint density at radius 2 is 1.86 bits per heavy atom. The Hall–Kier alpha value is -2.23. The van der Waals surface area contributed by atoms with Crippen LogP contribution in [0.2, 0.25) is 0 Å². The number of nitrogens with one attached hydrogen (secondary N) is 2. The summed E-state index contributed by atoms with van der Waals surface area (Å²) in [5.74, 6) is -0.393. The fourth-order valence-electron chi connectivity index (χ4n) is 3.25. The Morgan fingerprint density at radius 3 is 2.59 bits per heavy atom. The standard InChI is InChI=1S/C20H23N3O4S2/c24-18(21-16-5-3-4-14(12-16)20(25)22-15-6-7-15)13-17-8-9-19(28-17)29(26,27)23-10-1-2-11-23/h3-5,8-9,12,15H,1-2,6-7,10-11,13H2,(H,21,24)(H,22,25). The van der Waals surface area contributed by atoms with Crippen LogP contribution in [0.15, 0.2) is 40.6 Å². The molecule has 1 saturated carbocycles. The number of hydrogen-bond donors (Lipinski definition) is 2. The first-order valence-corrected chi connectivity index (χ1v) is 12.0. The molecule has 0 unspecified atom stereocenters. The van der Waals surface area contributed by atoms with Crippen LogP contribution < -0.4 is 10.6 Å². The largest absolute Gasteiger partial charge is 0.349 e. The van der Waals surface area contributed by atoms with Gasteiger partial charge in [-0.3, -0.25) is 9.59 Å². The third kappa shape index (κ3) is 4.85. The van der Waals surface area contributed by atoms with Gasteiger partial charge in [0.15, 0.2) is 0 Å². The van der Waals surface area contributed by atoms with Crippen LogP contribution in [0.25, 0.3) is 0 Å². The smallest absolute Gasteiger partial charge is 0.252 e. The van der Waals surface area contributed by atoms with E-state index in [1.54, 1.807) is 36.4 Å². The molecule has 2 fully saturated rings. The van der Waals surface area contributed by atoms with Crippen LogP contribution in [0.4, 0.5) is 5.69 Å². The van der Waals surface area contributed by atoms with E-state index in [-0.39, 0.29) is 28.5 Å². The summed E-state index contributed by atoms with van der Waals surface area (Å²) in [4.78, 5) is 25.2. The van der Waals surface area contributed by atoms with Crippen LogP contribution in [0.1, 0.15) is 40.9 Å². The van der Waals surface area contributed by atoms with E-state index in [4.69, 9.17) is 0 Å². The van der Waals surface area contributed by atoms with Crippen molar-refractivity contribution < 1.29 is 18.0 Å². The lowest BCUT2D eigenvalue weighted by atomic mass is 10.2. The van der Waals surface area contributed by atoms with E-state index in [0.717, 1.165) is 37.0 Å². The summed E-state index contributed by atoms with van der Waals surface area (Å²) in [6.45, 7) is 1.11. The molecule has 0 atom stereocenters. The molecule has 0 radical (unpaired) electrons. The zero-order valence-corrected chi connectivity index (χ0v) is 17.5. The van der Waals surface area contributed by atoms with Crippen LogP contribution in [-0.2, 0) is 21.2 Å². The Morgan fingerprint density at radius 1 is 1.10 bits per heavy atom. The molecule has 9 heteroatoms. The number of rotatable bonds is 7. The summed E-state index contributed by atoms with van der Waals surface area (Å²) < 4.78 is 27.0. The second-order valence-electron chi connectivity index (χ2n) is 7.39. The monoisotopic (exact) mass is 433 g/mol. The van der Waals surface area contributed by atoms with Gasteiger partial charge in [-0.1, -0.05) is 6.07 Å². The highest BCUT2D eigenvalue weighted by Gasteiger charge is 2.28. The molecule has 0 spiro atoms. The van der Waals surface area contributed by atoms with Crippen LogP contribution in [-0.4, -0.2) is 43.7 Å². The maximum Gasteiger partial charge on any atom is 0.252 e. The van der Waals surface area contributed by atoms with Crippen molar-refractivity contribution in [3.8, 4) is 0 Å². The fourth-order valence-corrected chi connectivity index (χ4v) is 6.27. The Bertz CT molecular complexity index is 1020. The molecule has 154 valence electrons. The average molecular weight is 434 g/mol. The third-order valence-corrected chi connectivity index (χ3v) is 8.40. The molecule has 1 aliphatic carbocycles. The molecule has 2 aromatic rings. The average Bonchev–Trinajstić information content (AvgIpc) is 3.14. The molecular formula is C20H23N3O4S2. The van der Waals surface area contributed by atoms with Crippen molar-refractivity contribution in [2.75, 3.05) is 18.4 Å². The van der Waals surface area contributed by atoms with Crippen molar-refractivity contribution in [2.45, 2.75) is 42.4 Å².